The standard InChI is InChI=1S/C22H26N4OS/c1-16(2)26(14-13-21(27)23-19-11-9-17(3)10-12-19)22-24-20(25-28-22)15-18-7-5-4-6-8-18/h4-12,16H,13-15H2,1-3H3,(H,23,27). The van der Waals surface area contributed by atoms with Crippen molar-refractivity contribution in [3.8, 4) is 0 Å². The second kappa shape index (κ2) is 9.46. The topological polar surface area (TPSA) is 58.1 Å². The lowest BCUT2D eigenvalue weighted by molar-refractivity contribution is -0.116. The largest absolute Gasteiger partial charge is 0.344 e. The van der Waals surface area contributed by atoms with E-state index in [4.69, 9.17) is 4.98 Å². The number of nitrogens with one attached hydrogen (secondary N) is 1. The minimum absolute atomic E-state index is 0.00327. The highest BCUT2D eigenvalue weighted by Crippen LogP contribution is 2.21. The molecule has 0 unspecified atom stereocenters. The number of aryl methyl sites for hydroxylation is 1. The molecule has 0 spiro atoms. The summed E-state index contributed by atoms with van der Waals surface area (Å²) < 4.78 is 4.51. The van der Waals surface area contributed by atoms with Gasteiger partial charge in [0, 0.05) is 42.6 Å². The van der Waals surface area contributed by atoms with E-state index in [0.29, 0.717) is 13.0 Å². The summed E-state index contributed by atoms with van der Waals surface area (Å²) in [5.41, 5.74) is 3.19. The Labute approximate surface area is 170 Å². The van der Waals surface area contributed by atoms with E-state index >= 15 is 0 Å². The molecule has 0 aliphatic carbocycles. The first-order chi connectivity index (χ1) is 13.5. The van der Waals surface area contributed by atoms with Crippen LogP contribution in [0.5, 0.6) is 0 Å². The number of carbonyl (C=O) groups is 1. The van der Waals surface area contributed by atoms with Crippen molar-refractivity contribution < 1.29 is 4.79 Å². The van der Waals surface area contributed by atoms with E-state index in [9.17, 15) is 4.79 Å². The fourth-order valence-electron chi connectivity index (χ4n) is 2.87. The molecule has 0 aliphatic rings. The third-order valence-corrected chi connectivity index (χ3v) is 5.24. The molecule has 2 aromatic carbocycles. The Kier molecular flexibility index (Phi) is 6.76. The minimum Gasteiger partial charge on any atom is -0.344 e. The summed E-state index contributed by atoms with van der Waals surface area (Å²) in [5.74, 6) is 0.824. The Balaban J connectivity index is 1.59. The van der Waals surface area contributed by atoms with Gasteiger partial charge in [-0.25, -0.2) is 4.98 Å². The van der Waals surface area contributed by atoms with Crippen LogP contribution in [0.25, 0.3) is 0 Å². The molecule has 0 fully saturated rings. The van der Waals surface area contributed by atoms with Crippen molar-refractivity contribution in [1.82, 2.24) is 9.36 Å². The molecule has 0 atom stereocenters. The Morgan fingerprint density at radius 1 is 1.11 bits per heavy atom. The second-order valence-electron chi connectivity index (χ2n) is 7.11. The van der Waals surface area contributed by atoms with Crippen LogP contribution >= 0.6 is 11.5 Å². The van der Waals surface area contributed by atoms with E-state index in [-0.39, 0.29) is 11.9 Å². The minimum atomic E-state index is 0.00327. The molecule has 3 rings (SSSR count). The number of hydrogen-bond donors (Lipinski definition) is 1. The molecule has 0 radical (unpaired) electrons. The zero-order valence-corrected chi connectivity index (χ0v) is 17.4. The van der Waals surface area contributed by atoms with E-state index in [2.05, 4.69) is 40.6 Å². The highest BCUT2D eigenvalue weighted by atomic mass is 32.1. The maximum Gasteiger partial charge on any atom is 0.226 e. The normalized spacial score (nSPS) is 10.9. The number of carbonyl (C=O) groups excluding carboxylic acids is 1. The van der Waals surface area contributed by atoms with Crippen LogP contribution in [0.2, 0.25) is 0 Å². The average molecular weight is 395 g/mol. The smallest absolute Gasteiger partial charge is 0.226 e. The van der Waals surface area contributed by atoms with E-state index in [1.54, 1.807) is 0 Å². The van der Waals surface area contributed by atoms with E-state index in [0.717, 1.165) is 23.1 Å². The fraction of sp³-hybridized carbons (Fsp3) is 0.318. The molecule has 1 amide bonds. The van der Waals surface area contributed by atoms with Gasteiger partial charge < -0.3 is 10.2 Å². The number of anilines is 2. The summed E-state index contributed by atoms with van der Waals surface area (Å²) in [5, 5.41) is 3.82. The number of nitrogens with zero attached hydrogens (tertiary/aromatic N) is 3. The number of amides is 1. The van der Waals surface area contributed by atoms with Crippen LogP contribution in [0, 0.1) is 6.92 Å². The van der Waals surface area contributed by atoms with Gasteiger partial charge in [0.05, 0.1) is 0 Å². The first kappa shape index (κ1) is 20.0. The SMILES string of the molecule is Cc1ccc(NC(=O)CCN(c2nc(Cc3ccccc3)ns2)C(C)C)cc1. The molecule has 0 saturated carbocycles. The molecule has 146 valence electrons. The summed E-state index contributed by atoms with van der Waals surface area (Å²) in [7, 11) is 0. The number of rotatable bonds is 8. The fourth-order valence-corrected chi connectivity index (χ4v) is 3.71. The van der Waals surface area contributed by atoms with Gasteiger partial charge in [-0.15, -0.1) is 0 Å². The van der Waals surface area contributed by atoms with Gasteiger partial charge in [0.25, 0.3) is 0 Å². The lowest BCUT2D eigenvalue weighted by atomic mass is 10.1. The summed E-state index contributed by atoms with van der Waals surface area (Å²) in [6.45, 7) is 6.85. The van der Waals surface area contributed by atoms with Crippen LogP contribution in [-0.4, -0.2) is 27.9 Å². The predicted molar refractivity (Wildman–Crippen MR) is 116 cm³/mol. The number of hydrogen-bond acceptors (Lipinski definition) is 5. The molecule has 6 heteroatoms. The second-order valence-corrected chi connectivity index (χ2v) is 7.84. The number of aromatic nitrogens is 2. The molecular weight excluding hydrogens is 368 g/mol. The third kappa shape index (κ3) is 5.63. The average Bonchev–Trinajstić information content (AvgIpc) is 3.12. The van der Waals surface area contributed by atoms with Gasteiger partial charge in [-0.2, -0.15) is 4.37 Å². The highest BCUT2D eigenvalue weighted by molar-refractivity contribution is 7.09. The van der Waals surface area contributed by atoms with E-state index in [1.807, 2.05) is 49.4 Å². The quantitative estimate of drug-likeness (QED) is 0.603. The molecule has 28 heavy (non-hydrogen) atoms. The Bertz CT molecular complexity index is 890. The lowest BCUT2D eigenvalue weighted by Gasteiger charge is -2.25. The van der Waals surface area contributed by atoms with Gasteiger partial charge in [0.2, 0.25) is 11.0 Å². The van der Waals surface area contributed by atoms with E-state index < -0.39 is 0 Å². The van der Waals surface area contributed by atoms with Crippen molar-refractivity contribution in [2.24, 2.45) is 0 Å². The van der Waals surface area contributed by atoms with Gasteiger partial charge in [0.1, 0.15) is 5.82 Å². The summed E-state index contributed by atoms with van der Waals surface area (Å²) >= 11 is 1.40. The van der Waals surface area contributed by atoms with Gasteiger partial charge in [0.15, 0.2) is 0 Å². The van der Waals surface area contributed by atoms with Crippen molar-refractivity contribution in [2.75, 3.05) is 16.8 Å². The zero-order chi connectivity index (χ0) is 19.9. The van der Waals surface area contributed by atoms with Crippen LogP contribution in [0.4, 0.5) is 10.8 Å². The Morgan fingerprint density at radius 3 is 2.50 bits per heavy atom. The monoisotopic (exact) mass is 394 g/mol. The summed E-state index contributed by atoms with van der Waals surface area (Å²) in [6, 6.07) is 18.3. The van der Waals surface area contributed by atoms with Crippen LogP contribution in [0.15, 0.2) is 54.6 Å². The number of benzene rings is 2. The molecular formula is C22H26N4OS. The molecule has 0 aliphatic heterocycles. The first-order valence-electron chi connectivity index (χ1n) is 9.51. The summed E-state index contributed by atoms with van der Waals surface area (Å²) in [6.07, 6.45) is 1.12. The predicted octanol–water partition coefficient (Wildman–Crippen LogP) is 4.68. The van der Waals surface area contributed by atoms with Crippen molar-refractivity contribution >= 4 is 28.3 Å². The van der Waals surface area contributed by atoms with Crippen molar-refractivity contribution in [3.05, 3.63) is 71.5 Å². The van der Waals surface area contributed by atoms with Crippen molar-refractivity contribution in [1.29, 1.82) is 0 Å². The van der Waals surface area contributed by atoms with Gasteiger partial charge >= 0.3 is 0 Å². The van der Waals surface area contributed by atoms with Gasteiger partial charge in [-0.05, 0) is 38.5 Å². The summed E-state index contributed by atoms with van der Waals surface area (Å²) in [4.78, 5) is 19.2. The van der Waals surface area contributed by atoms with E-state index in [1.165, 1.54) is 22.7 Å². The van der Waals surface area contributed by atoms with Crippen LogP contribution in [-0.2, 0) is 11.2 Å². The maximum atomic E-state index is 12.3. The molecule has 1 N–H and O–H groups in total. The van der Waals surface area contributed by atoms with Gasteiger partial charge in [-0.1, -0.05) is 48.0 Å². The molecule has 0 bridgehead atoms. The molecule has 3 aromatic rings. The first-order valence-corrected chi connectivity index (χ1v) is 10.3. The Hall–Kier alpha value is -2.73. The molecule has 1 aromatic heterocycles. The van der Waals surface area contributed by atoms with Crippen molar-refractivity contribution in [3.63, 3.8) is 0 Å². The van der Waals surface area contributed by atoms with Crippen LogP contribution < -0.4 is 10.2 Å². The van der Waals surface area contributed by atoms with Crippen LogP contribution in [0.3, 0.4) is 0 Å². The molecule has 5 nitrogen and oxygen atoms in total. The molecule has 1 heterocycles. The highest BCUT2D eigenvalue weighted by Gasteiger charge is 2.17. The third-order valence-electron chi connectivity index (χ3n) is 4.45. The lowest BCUT2D eigenvalue weighted by Crippen LogP contribution is -2.33. The molecule has 0 saturated heterocycles. The Morgan fingerprint density at radius 2 is 1.82 bits per heavy atom. The maximum absolute atomic E-state index is 12.3. The van der Waals surface area contributed by atoms with Crippen LogP contribution in [0.1, 0.15) is 37.2 Å². The van der Waals surface area contributed by atoms with Crippen molar-refractivity contribution in [2.45, 2.75) is 39.7 Å². The van der Waals surface area contributed by atoms with Gasteiger partial charge in [-0.3, -0.25) is 4.79 Å². The zero-order valence-electron chi connectivity index (χ0n) is 16.6.